The normalized spacial score (nSPS) is 14.7. The van der Waals surface area contributed by atoms with E-state index in [2.05, 4.69) is 36.3 Å². The molecule has 24 heavy (non-hydrogen) atoms. The summed E-state index contributed by atoms with van der Waals surface area (Å²) in [6.45, 7) is 4.82. The van der Waals surface area contributed by atoms with Gasteiger partial charge in [0.05, 0.1) is 5.39 Å². The molecule has 0 spiro atoms. The molecule has 2 aromatic heterocycles. The fourth-order valence-electron chi connectivity index (χ4n) is 2.86. The lowest BCUT2D eigenvalue weighted by Gasteiger charge is -2.22. The lowest BCUT2D eigenvalue weighted by molar-refractivity contribution is 0.373. The molecule has 2 heterocycles. The zero-order chi connectivity index (χ0) is 17.2. The van der Waals surface area contributed by atoms with Gasteiger partial charge in [-0.2, -0.15) is 0 Å². The molecule has 0 atom stereocenters. The molecule has 0 bridgehead atoms. The van der Waals surface area contributed by atoms with Crippen LogP contribution in [-0.2, 0) is 6.42 Å². The van der Waals surface area contributed by atoms with Crippen LogP contribution in [-0.4, -0.2) is 16.5 Å². The largest absolute Gasteiger partial charge is 0.340 e. The number of aromatic amines is 1. The summed E-state index contributed by atoms with van der Waals surface area (Å²) in [7, 11) is 0. The Morgan fingerprint density at radius 2 is 2.21 bits per heavy atom. The molecule has 0 saturated heterocycles. The minimum Gasteiger partial charge on any atom is -0.340 e. The molecule has 5 heteroatoms. The second-order valence-electron chi connectivity index (χ2n) is 7.04. The second-order valence-corrected chi connectivity index (χ2v) is 7.04. The Bertz CT molecular complexity index is 861. The zero-order valence-corrected chi connectivity index (χ0v) is 14.2. The fourth-order valence-corrected chi connectivity index (χ4v) is 2.86. The Labute approximate surface area is 141 Å². The molecule has 1 aliphatic rings. The molecule has 0 radical (unpaired) electrons. The minimum absolute atomic E-state index is 0.0385. The summed E-state index contributed by atoms with van der Waals surface area (Å²) in [5.41, 5.74) is 7.61. The van der Waals surface area contributed by atoms with E-state index in [4.69, 9.17) is 10.7 Å². The maximum Gasteiger partial charge on any atom is 0.259 e. The van der Waals surface area contributed by atoms with Crippen molar-refractivity contribution in [1.29, 1.82) is 0 Å². The van der Waals surface area contributed by atoms with Gasteiger partial charge >= 0.3 is 0 Å². The molecular formula is C19H24N4O. The number of rotatable bonds is 5. The average molecular weight is 324 g/mol. The number of hydrogen-bond donors (Lipinski definition) is 3. The van der Waals surface area contributed by atoms with Gasteiger partial charge in [-0.3, -0.25) is 4.79 Å². The number of nitrogens with zero attached hydrogens (tertiary/aromatic N) is 1. The molecule has 1 aliphatic carbocycles. The molecule has 126 valence electrons. The summed E-state index contributed by atoms with van der Waals surface area (Å²) in [5, 5.41) is 4.80. The van der Waals surface area contributed by atoms with Gasteiger partial charge in [-0.15, -0.1) is 0 Å². The van der Waals surface area contributed by atoms with Crippen molar-refractivity contribution in [3.8, 4) is 0 Å². The maximum atomic E-state index is 12.3. The lowest BCUT2D eigenvalue weighted by Crippen LogP contribution is -2.26. The van der Waals surface area contributed by atoms with Crippen LogP contribution >= 0.6 is 0 Å². The molecule has 0 aromatic carbocycles. The Balaban J connectivity index is 2.08. The van der Waals surface area contributed by atoms with Crippen LogP contribution in [0.2, 0.25) is 0 Å². The van der Waals surface area contributed by atoms with Crippen LogP contribution in [0.4, 0.5) is 5.82 Å². The van der Waals surface area contributed by atoms with E-state index in [0.29, 0.717) is 17.7 Å². The summed E-state index contributed by atoms with van der Waals surface area (Å²) in [6, 6.07) is 3.89. The van der Waals surface area contributed by atoms with Gasteiger partial charge in [-0.1, -0.05) is 26.0 Å². The maximum absolute atomic E-state index is 12.3. The highest BCUT2D eigenvalue weighted by molar-refractivity contribution is 5.92. The molecule has 0 fully saturated rings. The number of nitrogens with two attached hydrogens (primary N) is 1. The summed E-state index contributed by atoms with van der Waals surface area (Å²) in [5.74, 6) is 0.606. The van der Waals surface area contributed by atoms with Crippen LogP contribution in [0.3, 0.4) is 0 Å². The van der Waals surface area contributed by atoms with Crippen molar-refractivity contribution >= 4 is 16.6 Å². The third-order valence-electron chi connectivity index (χ3n) is 4.28. The number of pyridine rings is 2. The third kappa shape index (κ3) is 3.57. The van der Waals surface area contributed by atoms with Crippen LogP contribution in [0.25, 0.3) is 10.8 Å². The molecule has 3 rings (SSSR count). The van der Waals surface area contributed by atoms with Crippen molar-refractivity contribution in [2.45, 2.75) is 33.1 Å². The zero-order valence-electron chi connectivity index (χ0n) is 14.2. The lowest BCUT2D eigenvalue weighted by atomic mass is 9.87. The van der Waals surface area contributed by atoms with Crippen LogP contribution in [0.5, 0.6) is 0 Å². The number of fused-ring (bicyclic) bond motifs is 1. The second kappa shape index (κ2) is 6.61. The third-order valence-corrected chi connectivity index (χ3v) is 4.28. The fraction of sp³-hybridized carbons (Fsp3) is 0.368. The number of nitrogens with one attached hydrogen (secondary N) is 2. The number of H-pyrrole nitrogens is 1. The highest BCUT2D eigenvalue weighted by Gasteiger charge is 2.19. The predicted octanol–water partition coefficient (Wildman–Crippen LogP) is 3.10. The van der Waals surface area contributed by atoms with Gasteiger partial charge < -0.3 is 16.0 Å². The van der Waals surface area contributed by atoms with Gasteiger partial charge in [0, 0.05) is 17.6 Å². The van der Waals surface area contributed by atoms with Crippen LogP contribution < -0.4 is 16.6 Å². The first-order valence-electron chi connectivity index (χ1n) is 8.34. The van der Waals surface area contributed by atoms with Crippen LogP contribution in [0.1, 0.15) is 32.4 Å². The summed E-state index contributed by atoms with van der Waals surface area (Å²) in [6.07, 6.45) is 10.8. The van der Waals surface area contributed by atoms with Crippen molar-refractivity contribution in [3.63, 3.8) is 0 Å². The van der Waals surface area contributed by atoms with E-state index >= 15 is 0 Å². The monoisotopic (exact) mass is 324 g/mol. The van der Waals surface area contributed by atoms with E-state index < -0.39 is 0 Å². The summed E-state index contributed by atoms with van der Waals surface area (Å²) in [4.78, 5) is 19.8. The summed E-state index contributed by atoms with van der Waals surface area (Å²) < 4.78 is 0. The van der Waals surface area contributed by atoms with Gasteiger partial charge in [0.15, 0.2) is 0 Å². The van der Waals surface area contributed by atoms with Crippen molar-refractivity contribution < 1.29 is 0 Å². The van der Waals surface area contributed by atoms with Gasteiger partial charge in [-0.05, 0) is 54.8 Å². The molecule has 2 aromatic rings. The van der Waals surface area contributed by atoms with E-state index in [9.17, 15) is 4.79 Å². The molecular weight excluding hydrogens is 300 g/mol. The molecule has 5 nitrogen and oxygen atoms in total. The molecule has 0 amide bonds. The standard InChI is InChI=1S/C19H24N4O/c1-19(2,12-20)11-15-10-13-8-9-21-18(24)16(13)17(23-15)22-14-6-4-3-5-7-14/h4,6-10H,3,5,11-12,20H2,1-2H3,(H,21,24)(H,22,23). The van der Waals surface area contributed by atoms with Crippen LogP contribution in [0.15, 0.2) is 47.0 Å². The molecule has 0 aliphatic heterocycles. The Kier molecular flexibility index (Phi) is 4.53. The predicted molar refractivity (Wildman–Crippen MR) is 99.0 cm³/mol. The van der Waals surface area contributed by atoms with E-state index in [1.54, 1.807) is 6.20 Å². The smallest absolute Gasteiger partial charge is 0.259 e. The van der Waals surface area contributed by atoms with Crippen molar-refractivity contribution in [2.24, 2.45) is 11.1 Å². The molecule has 0 saturated carbocycles. The first-order chi connectivity index (χ1) is 11.5. The Hall–Kier alpha value is -2.40. The van der Waals surface area contributed by atoms with E-state index in [1.807, 2.05) is 18.2 Å². The van der Waals surface area contributed by atoms with Gasteiger partial charge in [0.1, 0.15) is 5.82 Å². The number of aromatic nitrogens is 2. The van der Waals surface area contributed by atoms with Crippen molar-refractivity contribution in [1.82, 2.24) is 9.97 Å². The number of allylic oxidation sites excluding steroid dienone is 3. The van der Waals surface area contributed by atoms with E-state index in [0.717, 1.165) is 36.0 Å². The first-order valence-corrected chi connectivity index (χ1v) is 8.34. The SMILES string of the molecule is CC(C)(CN)Cc1cc2cc[nH]c(=O)c2c(NC2=CCCC=C2)n1. The Morgan fingerprint density at radius 3 is 2.92 bits per heavy atom. The first kappa shape index (κ1) is 16.5. The van der Waals surface area contributed by atoms with Crippen molar-refractivity contribution in [2.75, 3.05) is 11.9 Å². The Morgan fingerprint density at radius 1 is 1.38 bits per heavy atom. The van der Waals surface area contributed by atoms with Gasteiger partial charge in [-0.25, -0.2) is 4.98 Å². The highest BCUT2D eigenvalue weighted by Crippen LogP contribution is 2.26. The number of hydrogen-bond acceptors (Lipinski definition) is 4. The molecule has 4 N–H and O–H groups in total. The summed E-state index contributed by atoms with van der Waals surface area (Å²) >= 11 is 0. The van der Waals surface area contributed by atoms with E-state index in [1.165, 1.54) is 0 Å². The van der Waals surface area contributed by atoms with Gasteiger partial charge in [0.25, 0.3) is 5.56 Å². The average Bonchev–Trinajstić information content (AvgIpc) is 2.55. The quantitative estimate of drug-likeness (QED) is 0.789. The van der Waals surface area contributed by atoms with E-state index in [-0.39, 0.29) is 11.0 Å². The van der Waals surface area contributed by atoms with Crippen LogP contribution in [0, 0.1) is 5.41 Å². The topological polar surface area (TPSA) is 83.8 Å². The van der Waals surface area contributed by atoms with Gasteiger partial charge in [0.2, 0.25) is 0 Å². The number of anilines is 1. The highest BCUT2D eigenvalue weighted by atomic mass is 16.1. The van der Waals surface area contributed by atoms with Crippen molar-refractivity contribution in [3.05, 3.63) is 58.3 Å². The minimum atomic E-state index is -0.132. The molecule has 0 unspecified atom stereocenters.